The summed E-state index contributed by atoms with van der Waals surface area (Å²) < 4.78 is 11.8. The van der Waals surface area contributed by atoms with Crippen LogP contribution in [0.15, 0.2) is 11.6 Å². The largest absolute Gasteiger partial charge is 0.435 e. The van der Waals surface area contributed by atoms with Gasteiger partial charge < -0.3 is 9.47 Å². The van der Waals surface area contributed by atoms with Crippen molar-refractivity contribution in [1.29, 1.82) is 0 Å². The van der Waals surface area contributed by atoms with Gasteiger partial charge in [0.1, 0.15) is 5.78 Å². The number of fused-ring (bicyclic) bond motifs is 5. The van der Waals surface area contributed by atoms with Crippen LogP contribution in [0.2, 0.25) is 0 Å². The van der Waals surface area contributed by atoms with E-state index >= 15 is 0 Å². The fraction of sp³-hybridized carbons (Fsp3) is 0.867. The molecule has 0 N–H and O–H groups in total. The van der Waals surface area contributed by atoms with Crippen molar-refractivity contribution < 1.29 is 19.1 Å². The van der Waals surface area contributed by atoms with Gasteiger partial charge in [-0.15, -0.1) is 0 Å². The molecule has 0 amide bonds. The molecule has 2 bridgehead atoms. The summed E-state index contributed by atoms with van der Waals surface area (Å²) in [5.74, 6) is 2.61. The lowest BCUT2D eigenvalue weighted by Crippen LogP contribution is -2.55. The first-order valence-electron chi connectivity index (χ1n) is 13.9. The minimum absolute atomic E-state index is 0.0213. The Morgan fingerprint density at radius 1 is 1.09 bits per heavy atom. The Labute approximate surface area is 206 Å². The van der Waals surface area contributed by atoms with E-state index in [4.69, 9.17) is 9.47 Å². The zero-order valence-corrected chi connectivity index (χ0v) is 22.5. The molecule has 6 aliphatic rings. The second-order valence-corrected chi connectivity index (χ2v) is 14.0. The molecular formula is C30H46O4. The molecule has 3 aliphatic heterocycles. The number of carbonyl (C=O) groups is 2. The Hall–Kier alpha value is -1.16. The molecule has 3 saturated heterocycles. The smallest absolute Gasteiger partial charge is 0.316 e. The Bertz CT molecular complexity index is 905. The fourth-order valence-electron chi connectivity index (χ4n) is 9.73. The lowest BCUT2D eigenvalue weighted by atomic mass is 9.43. The van der Waals surface area contributed by atoms with Gasteiger partial charge in [-0.05, 0) is 84.9 Å². The molecular weight excluding hydrogens is 424 g/mol. The topological polar surface area (TPSA) is 52.6 Å². The zero-order chi connectivity index (χ0) is 24.7. The summed E-state index contributed by atoms with van der Waals surface area (Å²) in [7, 11) is 0. The summed E-state index contributed by atoms with van der Waals surface area (Å²) in [5, 5.41) is 0. The predicted octanol–water partition coefficient (Wildman–Crippen LogP) is 6.72. The predicted molar refractivity (Wildman–Crippen MR) is 133 cm³/mol. The quantitative estimate of drug-likeness (QED) is 0.330. The summed E-state index contributed by atoms with van der Waals surface area (Å²) in [6.07, 6.45) is 10.2. The van der Waals surface area contributed by atoms with Crippen molar-refractivity contribution >= 4 is 11.8 Å². The van der Waals surface area contributed by atoms with Gasteiger partial charge in [-0.1, -0.05) is 53.2 Å². The van der Waals surface area contributed by atoms with Crippen LogP contribution < -0.4 is 0 Å². The number of carbonyl (C=O) groups excluding carboxylic acids is 2. The molecule has 2 saturated carbocycles. The summed E-state index contributed by atoms with van der Waals surface area (Å²) in [5.41, 5.74) is 1.53. The average molecular weight is 471 g/mol. The lowest BCUT2D eigenvalue weighted by molar-refractivity contribution is -0.219. The van der Waals surface area contributed by atoms with E-state index in [1.807, 2.05) is 0 Å². The van der Waals surface area contributed by atoms with E-state index in [0.29, 0.717) is 42.5 Å². The number of ketones is 1. The maximum atomic E-state index is 13.0. The van der Waals surface area contributed by atoms with Gasteiger partial charge in [0.2, 0.25) is 6.29 Å². The van der Waals surface area contributed by atoms with Crippen LogP contribution in [0.3, 0.4) is 0 Å². The highest BCUT2D eigenvalue weighted by Gasteiger charge is 2.67. The van der Waals surface area contributed by atoms with Crippen molar-refractivity contribution in [1.82, 2.24) is 0 Å². The normalized spacial score (nSPS) is 48.4. The molecule has 0 spiro atoms. The van der Waals surface area contributed by atoms with Crippen LogP contribution in [-0.2, 0) is 19.1 Å². The van der Waals surface area contributed by atoms with Crippen molar-refractivity contribution in [2.45, 2.75) is 106 Å². The third kappa shape index (κ3) is 3.26. The van der Waals surface area contributed by atoms with E-state index < -0.39 is 5.41 Å². The second-order valence-electron chi connectivity index (χ2n) is 14.0. The van der Waals surface area contributed by atoms with E-state index in [0.717, 1.165) is 19.3 Å². The van der Waals surface area contributed by atoms with Crippen LogP contribution in [0.25, 0.3) is 0 Å². The Morgan fingerprint density at radius 2 is 1.82 bits per heavy atom. The van der Waals surface area contributed by atoms with Crippen molar-refractivity contribution in [3.8, 4) is 0 Å². The van der Waals surface area contributed by atoms with Crippen molar-refractivity contribution in [2.24, 2.45) is 51.2 Å². The first-order valence-corrected chi connectivity index (χ1v) is 13.9. The molecule has 5 fully saturated rings. The molecule has 9 atom stereocenters. The monoisotopic (exact) mass is 470 g/mol. The first kappa shape index (κ1) is 24.5. The van der Waals surface area contributed by atoms with Gasteiger partial charge in [-0.2, -0.15) is 0 Å². The van der Waals surface area contributed by atoms with Crippen LogP contribution in [0.5, 0.6) is 0 Å². The SMILES string of the molecule is CC(C)CC(=O)C[C@H](C)[C@@H]1CC[C@]2(C)C3=CC[C@@H]4[C@](C)(C[C@@H]5OC[C@@]4(C)C(=O)O5)[C@H]3CC[C@@]12C. The summed E-state index contributed by atoms with van der Waals surface area (Å²) in [6, 6.07) is 0. The van der Waals surface area contributed by atoms with E-state index in [2.05, 4.69) is 54.5 Å². The van der Waals surface area contributed by atoms with Gasteiger partial charge in [0.05, 0.1) is 12.0 Å². The van der Waals surface area contributed by atoms with Crippen molar-refractivity contribution in [3.63, 3.8) is 0 Å². The highest BCUT2D eigenvalue weighted by Crippen LogP contribution is 2.73. The van der Waals surface area contributed by atoms with Gasteiger partial charge in [0.25, 0.3) is 0 Å². The molecule has 4 heteroatoms. The molecule has 34 heavy (non-hydrogen) atoms. The van der Waals surface area contributed by atoms with E-state index in [1.165, 1.54) is 25.7 Å². The minimum atomic E-state index is -0.547. The Balaban J connectivity index is 1.45. The van der Waals surface area contributed by atoms with Gasteiger partial charge in [0, 0.05) is 19.3 Å². The molecule has 190 valence electrons. The van der Waals surface area contributed by atoms with Gasteiger partial charge in [-0.25, -0.2) is 0 Å². The van der Waals surface area contributed by atoms with Gasteiger partial charge in [0.15, 0.2) is 0 Å². The van der Waals surface area contributed by atoms with Crippen LogP contribution in [0, 0.1) is 51.2 Å². The molecule has 3 aliphatic carbocycles. The summed E-state index contributed by atoms with van der Waals surface area (Å²) >= 11 is 0. The van der Waals surface area contributed by atoms with E-state index in [9.17, 15) is 9.59 Å². The third-order valence-corrected chi connectivity index (χ3v) is 11.7. The third-order valence-electron chi connectivity index (χ3n) is 11.7. The number of rotatable bonds is 5. The van der Waals surface area contributed by atoms with E-state index in [1.54, 1.807) is 5.57 Å². The highest BCUT2D eigenvalue weighted by molar-refractivity contribution is 5.79. The number of hydrogen-bond donors (Lipinski definition) is 0. The Kier molecular flexibility index (Phi) is 5.71. The molecule has 0 aromatic rings. The zero-order valence-electron chi connectivity index (χ0n) is 22.5. The minimum Gasteiger partial charge on any atom is -0.435 e. The van der Waals surface area contributed by atoms with Crippen LogP contribution >= 0.6 is 0 Å². The maximum Gasteiger partial charge on any atom is 0.316 e. The number of esters is 1. The standard InChI is InChI=1S/C30H46O4/c1-18(2)14-20(31)15-19(3)21-10-12-30(7)23-8-9-24-27(4,22(23)11-13-29(21,30)6)16-25-33-17-28(24,5)26(32)34-25/h8,18-19,21-22,24-25H,9-17H2,1-7H3/t19-,21-,22-,24+,25+,27+,28+,29-,30+/m0/s1. The number of hydrogen-bond acceptors (Lipinski definition) is 4. The number of Topliss-reactive ketones (excluding diaryl/α,β-unsaturated/α-hetero) is 1. The molecule has 3 heterocycles. The van der Waals surface area contributed by atoms with Crippen LogP contribution in [0.4, 0.5) is 0 Å². The molecule has 0 unspecified atom stereocenters. The number of ether oxygens (including phenoxy) is 2. The molecule has 0 aromatic heterocycles. The van der Waals surface area contributed by atoms with Crippen LogP contribution in [0.1, 0.15) is 99.8 Å². The second kappa shape index (κ2) is 7.92. The molecule has 6 rings (SSSR count). The van der Waals surface area contributed by atoms with Gasteiger partial charge >= 0.3 is 5.97 Å². The first-order chi connectivity index (χ1) is 15.8. The van der Waals surface area contributed by atoms with Crippen LogP contribution in [-0.4, -0.2) is 24.6 Å². The van der Waals surface area contributed by atoms with Crippen molar-refractivity contribution in [2.75, 3.05) is 6.61 Å². The number of allylic oxidation sites excluding steroid dienone is 2. The fourth-order valence-corrected chi connectivity index (χ4v) is 9.73. The van der Waals surface area contributed by atoms with E-state index in [-0.39, 0.29) is 34.4 Å². The molecule has 0 radical (unpaired) electrons. The molecule has 4 nitrogen and oxygen atoms in total. The van der Waals surface area contributed by atoms with Gasteiger partial charge in [-0.3, -0.25) is 9.59 Å². The highest BCUT2D eigenvalue weighted by atomic mass is 16.7. The maximum absolute atomic E-state index is 13.0. The average Bonchev–Trinajstić information content (AvgIpc) is 2.91. The molecule has 0 aromatic carbocycles. The lowest BCUT2D eigenvalue weighted by Gasteiger charge is -2.60. The summed E-state index contributed by atoms with van der Waals surface area (Å²) in [6.45, 7) is 16.7. The Morgan fingerprint density at radius 3 is 2.50 bits per heavy atom. The summed E-state index contributed by atoms with van der Waals surface area (Å²) in [4.78, 5) is 25.7. The van der Waals surface area contributed by atoms with Crippen molar-refractivity contribution in [3.05, 3.63) is 11.6 Å².